The van der Waals surface area contributed by atoms with Gasteiger partial charge in [0.05, 0.1) is 11.5 Å². The van der Waals surface area contributed by atoms with Crippen LogP contribution in [0.1, 0.15) is 39.7 Å². The van der Waals surface area contributed by atoms with E-state index in [2.05, 4.69) is 5.32 Å². The van der Waals surface area contributed by atoms with E-state index in [9.17, 15) is 9.90 Å². The number of nitrogens with one attached hydrogen (secondary N) is 1. The standard InChI is InChI=1S/C16H26N2O2/c1-11(2)9-14(19)10-18-15(20)16(3,4)12-5-7-13(17)8-6-12/h5-8,11,14,19H,9-10,17H2,1-4H3,(H,18,20). The monoisotopic (exact) mass is 278 g/mol. The van der Waals surface area contributed by atoms with Crippen LogP contribution in [0.5, 0.6) is 0 Å². The minimum absolute atomic E-state index is 0.0925. The van der Waals surface area contributed by atoms with E-state index in [1.54, 1.807) is 12.1 Å². The number of nitrogens with two attached hydrogens (primary N) is 1. The first-order chi connectivity index (χ1) is 9.23. The van der Waals surface area contributed by atoms with Crippen molar-refractivity contribution in [2.45, 2.75) is 45.6 Å². The number of aliphatic hydroxyl groups excluding tert-OH is 1. The summed E-state index contributed by atoms with van der Waals surface area (Å²) in [6.45, 7) is 8.10. The summed E-state index contributed by atoms with van der Waals surface area (Å²) >= 11 is 0. The molecule has 112 valence electrons. The van der Waals surface area contributed by atoms with E-state index in [0.29, 0.717) is 18.0 Å². The number of hydrogen-bond donors (Lipinski definition) is 3. The highest BCUT2D eigenvalue weighted by Gasteiger charge is 2.29. The predicted octanol–water partition coefficient (Wildman–Crippen LogP) is 2.07. The first kappa shape index (κ1) is 16.5. The summed E-state index contributed by atoms with van der Waals surface area (Å²) in [6, 6.07) is 7.30. The van der Waals surface area contributed by atoms with Gasteiger partial charge in [0.1, 0.15) is 0 Å². The van der Waals surface area contributed by atoms with Crippen molar-refractivity contribution >= 4 is 11.6 Å². The Morgan fingerprint density at radius 2 is 1.85 bits per heavy atom. The summed E-state index contributed by atoms with van der Waals surface area (Å²) in [5.41, 5.74) is 6.59. The van der Waals surface area contributed by atoms with Gasteiger partial charge in [0, 0.05) is 12.2 Å². The van der Waals surface area contributed by atoms with Gasteiger partial charge in [-0.25, -0.2) is 0 Å². The highest BCUT2D eigenvalue weighted by Crippen LogP contribution is 2.24. The van der Waals surface area contributed by atoms with Gasteiger partial charge >= 0.3 is 0 Å². The van der Waals surface area contributed by atoms with Crippen LogP contribution in [-0.2, 0) is 10.2 Å². The Hall–Kier alpha value is -1.55. The number of hydrogen-bond acceptors (Lipinski definition) is 3. The summed E-state index contributed by atoms with van der Waals surface area (Å²) in [7, 11) is 0. The molecule has 1 aromatic rings. The molecule has 1 aromatic carbocycles. The lowest BCUT2D eigenvalue weighted by Crippen LogP contribution is -2.43. The lowest BCUT2D eigenvalue weighted by molar-refractivity contribution is -0.126. The first-order valence-electron chi connectivity index (χ1n) is 7.06. The fourth-order valence-corrected chi connectivity index (χ4v) is 2.09. The lowest BCUT2D eigenvalue weighted by Gasteiger charge is -2.25. The van der Waals surface area contributed by atoms with Crippen molar-refractivity contribution in [3.8, 4) is 0 Å². The van der Waals surface area contributed by atoms with E-state index in [0.717, 1.165) is 5.56 Å². The molecule has 0 aliphatic heterocycles. The molecule has 1 amide bonds. The molecular weight excluding hydrogens is 252 g/mol. The molecule has 4 nitrogen and oxygen atoms in total. The molecule has 0 saturated heterocycles. The molecule has 0 bridgehead atoms. The van der Waals surface area contributed by atoms with Crippen molar-refractivity contribution in [2.75, 3.05) is 12.3 Å². The lowest BCUT2D eigenvalue weighted by atomic mass is 9.83. The van der Waals surface area contributed by atoms with Crippen molar-refractivity contribution in [3.05, 3.63) is 29.8 Å². The Morgan fingerprint density at radius 1 is 1.30 bits per heavy atom. The molecule has 0 aromatic heterocycles. The molecule has 0 saturated carbocycles. The predicted molar refractivity (Wildman–Crippen MR) is 82.4 cm³/mol. The summed E-state index contributed by atoms with van der Waals surface area (Å²) in [6.07, 6.45) is 0.184. The van der Waals surface area contributed by atoms with E-state index in [4.69, 9.17) is 5.73 Å². The van der Waals surface area contributed by atoms with Gasteiger partial charge in [-0.3, -0.25) is 4.79 Å². The van der Waals surface area contributed by atoms with Crippen LogP contribution < -0.4 is 11.1 Å². The van der Waals surface area contributed by atoms with Crippen LogP contribution in [0.15, 0.2) is 24.3 Å². The molecule has 20 heavy (non-hydrogen) atoms. The molecule has 0 spiro atoms. The number of rotatable bonds is 6. The second kappa shape index (κ2) is 6.75. The Bertz CT molecular complexity index is 438. The highest BCUT2D eigenvalue weighted by atomic mass is 16.3. The number of amides is 1. The molecule has 0 aliphatic carbocycles. The minimum atomic E-state index is -0.648. The van der Waals surface area contributed by atoms with Crippen molar-refractivity contribution in [1.82, 2.24) is 5.32 Å². The van der Waals surface area contributed by atoms with Gasteiger partial charge < -0.3 is 16.2 Å². The van der Waals surface area contributed by atoms with Crippen LogP contribution >= 0.6 is 0 Å². The summed E-state index contributed by atoms with van der Waals surface area (Å²) in [4.78, 5) is 12.3. The molecule has 4 N–H and O–H groups in total. The van der Waals surface area contributed by atoms with Gasteiger partial charge in [-0.1, -0.05) is 26.0 Å². The highest BCUT2D eigenvalue weighted by molar-refractivity contribution is 5.87. The van der Waals surface area contributed by atoms with Crippen LogP contribution in [0.25, 0.3) is 0 Å². The molecule has 0 fully saturated rings. The molecule has 1 rings (SSSR count). The fourth-order valence-electron chi connectivity index (χ4n) is 2.09. The Labute approximate surface area is 121 Å². The maximum atomic E-state index is 12.3. The molecule has 0 heterocycles. The zero-order valence-electron chi connectivity index (χ0n) is 12.8. The normalized spacial score (nSPS) is 13.3. The smallest absolute Gasteiger partial charge is 0.230 e. The Morgan fingerprint density at radius 3 is 2.35 bits per heavy atom. The van der Waals surface area contributed by atoms with Crippen LogP contribution in [0.3, 0.4) is 0 Å². The molecular formula is C16H26N2O2. The number of carbonyl (C=O) groups excluding carboxylic acids is 1. The van der Waals surface area contributed by atoms with E-state index in [1.807, 2.05) is 39.8 Å². The van der Waals surface area contributed by atoms with Gasteiger partial charge in [-0.15, -0.1) is 0 Å². The SMILES string of the molecule is CC(C)CC(O)CNC(=O)C(C)(C)c1ccc(N)cc1. The minimum Gasteiger partial charge on any atom is -0.399 e. The van der Waals surface area contributed by atoms with Crippen LogP contribution in [0.2, 0.25) is 0 Å². The fraction of sp³-hybridized carbons (Fsp3) is 0.562. The van der Waals surface area contributed by atoms with Crippen LogP contribution in [0, 0.1) is 5.92 Å². The third kappa shape index (κ3) is 4.53. The average Bonchev–Trinajstić information content (AvgIpc) is 2.35. The third-order valence-electron chi connectivity index (χ3n) is 3.44. The van der Waals surface area contributed by atoms with Gasteiger partial charge in [0.25, 0.3) is 0 Å². The van der Waals surface area contributed by atoms with E-state index in [1.165, 1.54) is 0 Å². The van der Waals surface area contributed by atoms with Gasteiger partial charge in [0.15, 0.2) is 0 Å². The van der Waals surface area contributed by atoms with Crippen LogP contribution in [-0.4, -0.2) is 23.7 Å². The molecule has 1 unspecified atom stereocenters. The van der Waals surface area contributed by atoms with Crippen molar-refractivity contribution < 1.29 is 9.90 Å². The third-order valence-corrected chi connectivity index (χ3v) is 3.44. The quantitative estimate of drug-likeness (QED) is 0.697. The topological polar surface area (TPSA) is 75.3 Å². The Kier molecular flexibility index (Phi) is 5.57. The van der Waals surface area contributed by atoms with E-state index in [-0.39, 0.29) is 12.5 Å². The van der Waals surface area contributed by atoms with Crippen LogP contribution in [0.4, 0.5) is 5.69 Å². The Balaban J connectivity index is 2.63. The molecule has 0 radical (unpaired) electrons. The summed E-state index contributed by atoms with van der Waals surface area (Å²) in [5.74, 6) is 0.317. The maximum absolute atomic E-state index is 12.3. The van der Waals surface area contributed by atoms with Crippen molar-refractivity contribution in [3.63, 3.8) is 0 Å². The van der Waals surface area contributed by atoms with Gasteiger partial charge in [-0.05, 0) is 43.9 Å². The number of benzene rings is 1. The first-order valence-corrected chi connectivity index (χ1v) is 7.06. The van der Waals surface area contributed by atoms with Crippen molar-refractivity contribution in [1.29, 1.82) is 0 Å². The second-order valence-electron chi connectivity index (χ2n) is 6.24. The van der Waals surface area contributed by atoms with Crippen molar-refractivity contribution in [2.24, 2.45) is 5.92 Å². The number of carbonyl (C=O) groups is 1. The zero-order valence-corrected chi connectivity index (χ0v) is 12.8. The zero-order chi connectivity index (χ0) is 15.3. The molecule has 0 aliphatic rings. The van der Waals surface area contributed by atoms with Gasteiger partial charge in [0.2, 0.25) is 5.91 Å². The van der Waals surface area contributed by atoms with Gasteiger partial charge in [-0.2, -0.15) is 0 Å². The maximum Gasteiger partial charge on any atom is 0.230 e. The second-order valence-corrected chi connectivity index (χ2v) is 6.24. The number of nitrogen functional groups attached to an aromatic ring is 1. The summed E-state index contributed by atoms with van der Waals surface area (Å²) < 4.78 is 0. The summed E-state index contributed by atoms with van der Waals surface area (Å²) in [5, 5.41) is 12.6. The number of anilines is 1. The molecule has 4 heteroatoms. The molecule has 1 atom stereocenters. The largest absolute Gasteiger partial charge is 0.399 e. The van der Waals surface area contributed by atoms with E-state index < -0.39 is 11.5 Å². The number of aliphatic hydroxyl groups is 1. The van der Waals surface area contributed by atoms with E-state index >= 15 is 0 Å². The average molecular weight is 278 g/mol.